The van der Waals surface area contributed by atoms with Gasteiger partial charge in [0.05, 0.1) is 19.4 Å². The van der Waals surface area contributed by atoms with Crippen LogP contribution in [0.5, 0.6) is 0 Å². The Morgan fingerprint density at radius 2 is 1.96 bits per heavy atom. The number of benzene rings is 1. The smallest absolute Gasteiger partial charge is 0.263 e. The molecule has 0 bridgehead atoms. The van der Waals surface area contributed by atoms with Gasteiger partial charge in [0.1, 0.15) is 9.88 Å². The topological polar surface area (TPSA) is 69.7 Å². The van der Waals surface area contributed by atoms with E-state index in [2.05, 4.69) is 41.5 Å². The molecule has 0 saturated carbocycles. The van der Waals surface area contributed by atoms with E-state index in [9.17, 15) is 4.79 Å². The summed E-state index contributed by atoms with van der Waals surface area (Å²) < 4.78 is 16.5. The molecule has 2 saturated heterocycles. The normalized spacial score (nSPS) is 19.9. The fourth-order valence-corrected chi connectivity index (χ4v) is 4.64. The van der Waals surface area contributed by atoms with Crippen molar-refractivity contribution in [1.29, 1.82) is 0 Å². The second-order valence-corrected chi connectivity index (χ2v) is 8.09. The highest BCUT2D eigenvalue weighted by molar-refractivity contribution is 7.13. The fraction of sp³-hybridized carbons (Fsp3) is 0.500. The molecule has 2 aromatic rings. The Morgan fingerprint density at radius 3 is 2.70 bits per heavy atom. The van der Waals surface area contributed by atoms with E-state index < -0.39 is 6.29 Å². The molecule has 2 aliphatic heterocycles. The van der Waals surface area contributed by atoms with Crippen molar-refractivity contribution >= 4 is 17.2 Å². The fourth-order valence-electron chi connectivity index (χ4n) is 3.81. The largest absolute Gasteiger partial charge is 0.381 e. The first-order valence-corrected chi connectivity index (χ1v) is 10.1. The Bertz CT molecular complexity index is 795. The number of hydrogen-bond donors (Lipinski definition) is 1. The summed E-state index contributed by atoms with van der Waals surface area (Å²) in [6.07, 6.45) is 2.96. The molecule has 3 heterocycles. The lowest BCUT2D eigenvalue weighted by molar-refractivity contribution is -0.0442. The van der Waals surface area contributed by atoms with Crippen molar-refractivity contribution in [3.05, 3.63) is 51.5 Å². The molecule has 1 aromatic carbocycles. The highest BCUT2D eigenvalue weighted by atomic mass is 32.1. The Morgan fingerprint density at radius 1 is 1.22 bits per heavy atom. The molecule has 7 heteroatoms. The Labute approximate surface area is 162 Å². The number of nitrogens with zero attached hydrogens (tertiary/aromatic N) is 1. The summed E-state index contributed by atoms with van der Waals surface area (Å²) in [5.74, 6) is -0.101. The number of aromatic nitrogens is 1. The average molecular weight is 388 g/mol. The minimum absolute atomic E-state index is 0.0928. The summed E-state index contributed by atoms with van der Waals surface area (Å²) in [6.45, 7) is 5.27. The lowest BCUT2D eigenvalue weighted by Crippen LogP contribution is -2.44. The number of carbonyl (C=O) groups is 1. The van der Waals surface area contributed by atoms with Gasteiger partial charge in [-0.25, -0.2) is 4.98 Å². The predicted molar refractivity (Wildman–Crippen MR) is 102 cm³/mol. The van der Waals surface area contributed by atoms with E-state index in [4.69, 9.17) is 14.2 Å². The number of nitrogens with one attached hydrogen (secondary N) is 1. The summed E-state index contributed by atoms with van der Waals surface area (Å²) in [4.78, 5) is 17.6. The van der Waals surface area contributed by atoms with Crippen LogP contribution in [0.15, 0.2) is 30.5 Å². The standard InChI is InChI=1S/C20H24N2O4S/c1-14-4-2-3-5-15(14)20(6-8-24-9-7-20)13-22-17(23)16-12-21-18(27-16)19-25-10-11-26-19/h2-5,12,19H,6-11,13H2,1H3,(H,22,23). The Hall–Kier alpha value is -1.80. The minimum Gasteiger partial charge on any atom is -0.381 e. The van der Waals surface area contributed by atoms with Crippen molar-refractivity contribution in [3.63, 3.8) is 0 Å². The summed E-state index contributed by atoms with van der Waals surface area (Å²) in [5.41, 5.74) is 2.46. The second kappa shape index (κ2) is 8.06. The van der Waals surface area contributed by atoms with Crippen LogP contribution in [0.1, 0.15) is 44.9 Å². The van der Waals surface area contributed by atoms with Gasteiger partial charge in [0.15, 0.2) is 0 Å². The van der Waals surface area contributed by atoms with Crippen molar-refractivity contribution in [2.45, 2.75) is 31.5 Å². The summed E-state index contributed by atoms with van der Waals surface area (Å²) in [5, 5.41) is 3.83. The van der Waals surface area contributed by atoms with Crippen LogP contribution in [-0.2, 0) is 19.6 Å². The van der Waals surface area contributed by atoms with Crippen LogP contribution >= 0.6 is 11.3 Å². The van der Waals surface area contributed by atoms with Crippen molar-refractivity contribution < 1.29 is 19.0 Å². The predicted octanol–water partition coefficient (Wildman–Crippen LogP) is 2.98. The number of carbonyl (C=O) groups excluding carboxylic acids is 1. The lowest BCUT2D eigenvalue weighted by atomic mass is 9.72. The van der Waals surface area contributed by atoms with E-state index in [1.54, 1.807) is 6.20 Å². The van der Waals surface area contributed by atoms with Crippen LogP contribution in [0, 0.1) is 6.92 Å². The van der Waals surface area contributed by atoms with Crippen LogP contribution in [0.3, 0.4) is 0 Å². The third kappa shape index (κ3) is 3.91. The first-order chi connectivity index (χ1) is 13.2. The molecule has 6 nitrogen and oxygen atoms in total. The van der Waals surface area contributed by atoms with Crippen LogP contribution in [0.25, 0.3) is 0 Å². The van der Waals surface area contributed by atoms with E-state index in [0.29, 0.717) is 42.9 Å². The third-order valence-electron chi connectivity index (χ3n) is 5.32. The van der Waals surface area contributed by atoms with Crippen molar-refractivity contribution in [2.24, 2.45) is 0 Å². The van der Waals surface area contributed by atoms with Gasteiger partial charge in [-0.1, -0.05) is 24.3 Å². The van der Waals surface area contributed by atoms with Crippen LogP contribution in [0.4, 0.5) is 0 Å². The van der Waals surface area contributed by atoms with Crippen LogP contribution < -0.4 is 5.32 Å². The Kier molecular flexibility index (Phi) is 5.54. The molecular weight excluding hydrogens is 364 g/mol. The van der Waals surface area contributed by atoms with Crippen molar-refractivity contribution in [3.8, 4) is 0 Å². The zero-order valence-corrected chi connectivity index (χ0v) is 16.2. The number of rotatable bonds is 5. The zero-order valence-electron chi connectivity index (χ0n) is 15.4. The summed E-state index contributed by atoms with van der Waals surface area (Å²) in [6, 6.07) is 8.42. The first-order valence-electron chi connectivity index (χ1n) is 9.29. The average Bonchev–Trinajstić information content (AvgIpc) is 3.39. The number of hydrogen-bond acceptors (Lipinski definition) is 6. The molecule has 1 aromatic heterocycles. The second-order valence-electron chi connectivity index (χ2n) is 7.03. The number of amides is 1. The highest BCUT2D eigenvalue weighted by Crippen LogP contribution is 2.36. The van der Waals surface area contributed by atoms with Gasteiger partial charge >= 0.3 is 0 Å². The molecule has 1 amide bonds. The van der Waals surface area contributed by atoms with Crippen molar-refractivity contribution in [2.75, 3.05) is 33.0 Å². The number of thiazole rings is 1. The minimum atomic E-state index is -0.439. The molecule has 27 heavy (non-hydrogen) atoms. The zero-order chi connectivity index (χ0) is 18.7. The van der Waals surface area contributed by atoms with Gasteiger partial charge in [-0.2, -0.15) is 0 Å². The lowest BCUT2D eigenvalue weighted by Gasteiger charge is -2.38. The van der Waals surface area contributed by atoms with Gasteiger partial charge < -0.3 is 19.5 Å². The molecule has 0 radical (unpaired) electrons. The molecule has 0 spiro atoms. The molecule has 144 valence electrons. The molecule has 0 aliphatic carbocycles. The van der Waals surface area contributed by atoms with E-state index in [0.717, 1.165) is 12.8 Å². The van der Waals surface area contributed by atoms with Crippen LogP contribution in [-0.4, -0.2) is 43.9 Å². The van der Waals surface area contributed by atoms with Gasteiger partial charge in [-0.3, -0.25) is 4.79 Å². The number of aryl methyl sites for hydroxylation is 1. The molecule has 2 fully saturated rings. The number of ether oxygens (including phenoxy) is 3. The van der Waals surface area contributed by atoms with E-state index in [-0.39, 0.29) is 11.3 Å². The van der Waals surface area contributed by atoms with Gasteiger partial charge in [-0.15, -0.1) is 11.3 Å². The van der Waals surface area contributed by atoms with Crippen molar-refractivity contribution in [1.82, 2.24) is 10.3 Å². The van der Waals surface area contributed by atoms with E-state index in [1.165, 1.54) is 22.5 Å². The van der Waals surface area contributed by atoms with Gasteiger partial charge in [0, 0.05) is 25.2 Å². The highest BCUT2D eigenvalue weighted by Gasteiger charge is 2.36. The van der Waals surface area contributed by atoms with E-state index in [1.807, 2.05) is 0 Å². The van der Waals surface area contributed by atoms with Gasteiger partial charge in [0.25, 0.3) is 5.91 Å². The third-order valence-corrected chi connectivity index (χ3v) is 6.34. The summed E-state index contributed by atoms with van der Waals surface area (Å²) in [7, 11) is 0. The van der Waals surface area contributed by atoms with Crippen LogP contribution in [0.2, 0.25) is 0 Å². The maximum atomic E-state index is 12.7. The molecule has 0 atom stereocenters. The van der Waals surface area contributed by atoms with Gasteiger partial charge in [-0.05, 0) is 30.9 Å². The SMILES string of the molecule is Cc1ccccc1C1(CNC(=O)c2cnc(C3OCCO3)s2)CCOCC1. The monoisotopic (exact) mass is 388 g/mol. The quantitative estimate of drug-likeness (QED) is 0.853. The van der Waals surface area contributed by atoms with Gasteiger partial charge in [0.2, 0.25) is 6.29 Å². The molecular formula is C20H24N2O4S. The first kappa shape index (κ1) is 18.6. The Balaban J connectivity index is 1.48. The molecule has 4 rings (SSSR count). The summed E-state index contributed by atoms with van der Waals surface area (Å²) >= 11 is 1.32. The maximum absolute atomic E-state index is 12.7. The maximum Gasteiger partial charge on any atom is 0.263 e. The molecule has 1 N–H and O–H groups in total. The molecule has 2 aliphatic rings. The van der Waals surface area contributed by atoms with E-state index >= 15 is 0 Å². The molecule has 0 unspecified atom stereocenters.